The molecule has 0 saturated heterocycles. The largest absolute Gasteiger partial charge is 0.494 e. The monoisotopic (exact) mass is 228 g/mol. The highest BCUT2D eigenvalue weighted by molar-refractivity contribution is 5.62. The SMILES string of the molecule is CCOc1cccc(Nc2ccc(N)cc2)c1. The van der Waals surface area contributed by atoms with Crippen molar-refractivity contribution in [2.75, 3.05) is 17.7 Å². The minimum atomic E-state index is 0.672. The highest BCUT2D eigenvalue weighted by Gasteiger charge is 1.97. The first-order chi connectivity index (χ1) is 8.28. The summed E-state index contributed by atoms with van der Waals surface area (Å²) < 4.78 is 5.44. The minimum Gasteiger partial charge on any atom is -0.494 e. The summed E-state index contributed by atoms with van der Waals surface area (Å²) in [5, 5.41) is 3.29. The van der Waals surface area contributed by atoms with Crippen molar-refractivity contribution in [1.29, 1.82) is 0 Å². The summed E-state index contributed by atoms with van der Waals surface area (Å²) in [4.78, 5) is 0. The molecule has 17 heavy (non-hydrogen) atoms. The topological polar surface area (TPSA) is 47.3 Å². The number of ether oxygens (including phenoxy) is 1. The van der Waals surface area contributed by atoms with Crippen LogP contribution in [0.15, 0.2) is 48.5 Å². The van der Waals surface area contributed by atoms with Crippen LogP contribution in [0.2, 0.25) is 0 Å². The quantitative estimate of drug-likeness (QED) is 0.788. The number of nitrogens with one attached hydrogen (secondary N) is 1. The average molecular weight is 228 g/mol. The lowest BCUT2D eigenvalue weighted by atomic mass is 10.2. The molecular formula is C14H16N2O. The molecule has 88 valence electrons. The third-order valence-electron chi connectivity index (χ3n) is 2.34. The molecule has 3 nitrogen and oxygen atoms in total. The van der Waals surface area contributed by atoms with Gasteiger partial charge in [0, 0.05) is 23.1 Å². The molecular weight excluding hydrogens is 212 g/mol. The van der Waals surface area contributed by atoms with E-state index < -0.39 is 0 Å². The fourth-order valence-corrected chi connectivity index (χ4v) is 1.56. The number of rotatable bonds is 4. The van der Waals surface area contributed by atoms with E-state index in [9.17, 15) is 0 Å². The van der Waals surface area contributed by atoms with Crippen molar-refractivity contribution >= 4 is 17.1 Å². The Labute approximate surface area is 101 Å². The highest BCUT2D eigenvalue weighted by Crippen LogP contribution is 2.22. The van der Waals surface area contributed by atoms with Gasteiger partial charge in [-0.2, -0.15) is 0 Å². The molecule has 0 fully saturated rings. The van der Waals surface area contributed by atoms with Gasteiger partial charge in [-0.3, -0.25) is 0 Å². The molecule has 2 rings (SSSR count). The first-order valence-electron chi connectivity index (χ1n) is 5.63. The maximum atomic E-state index is 5.64. The zero-order chi connectivity index (χ0) is 12.1. The second-order valence-electron chi connectivity index (χ2n) is 3.71. The van der Waals surface area contributed by atoms with Crippen LogP contribution >= 0.6 is 0 Å². The summed E-state index contributed by atoms with van der Waals surface area (Å²) in [6.45, 7) is 2.64. The van der Waals surface area contributed by atoms with E-state index in [0.29, 0.717) is 6.61 Å². The van der Waals surface area contributed by atoms with Gasteiger partial charge in [0.25, 0.3) is 0 Å². The van der Waals surface area contributed by atoms with Crippen LogP contribution in [-0.4, -0.2) is 6.61 Å². The zero-order valence-corrected chi connectivity index (χ0v) is 9.81. The summed E-state index contributed by atoms with van der Waals surface area (Å²) in [7, 11) is 0. The van der Waals surface area contributed by atoms with Crippen molar-refractivity contribution in [3.63, 3.8) is 0 Å². The Kier molecular flexibility index (Phi) is 3.50. The maximum Gasteiger partial charge on any atom is 0.121 e. The fraction of sp³-hybridized carbons (Fsp3) is 0.143. The van der Waals surface area contributed by atoms with Gasteiger partial charge in [0.05, 0.1) is 6.61 Å². The molecule has 0 aliphatic rings. The second-order valence-corrected chi connectivity index (χ2v) is 3.71. The van der Waals surface area contributed by atoms with Crippen molar-refractivity contribution in [2.45, 2.75) is 6.92 Å². The lowest BCUT2D eigenvalue weighted by Crippen LogP contribution is -1.94. The Morgan fingerprint density at radius 1 is 1.06 bits per heavy atom. The van der Waals surface area contributed by atoms with Crippen LogP contribution in [0.3, 0.4) is 0 Å². The van der Waals surface area contributed by atoms with Crippen molar-refractivity contribution in [1.82, 2.24) is 0 Å². The van der Waals surface area contributed by atoms with E-state index in [4.69, 9.17) is 10.5 Å². The molecule has 0 radical (unpaired) electrons. The van der Waals surface area contributed by atoms with Gasteiger partial charge in [-0.25, -0.2) is 0 Å². The summed E-state index contributed by atoms with van der Waals surface area (Å²) in [5.74, 6) is 0.868. The van der Waals surface area contributed by atoms with E-state index in [1.807, 2.05) is 55.5 Å². The van der Waals surface area contributed by atoms with Gasteiger partial charge in [0.2, 0.25) is 0 Å². The molecule has 3 N–H and O–H groups in total. The minimum absolute atomic E-state index is 0.672. The molecule has 0 aliphatic heterocycles. The first kappa shape index (κ1) is 11.3. The van der Waals surface area contributed by atoms with E-state index in [1.165, 1.54) is 0 Å². The standard InChI is InChI=1S/C14H16N2O/c1-2-17-14-5-3-4-13(10-14)16-12-8-6-11(15)7-9-12/h3-10,16H,2,15H2,1H3. The number of nitrogens with two attached hydrogens (primary N) is 1. The second kappa shape index (κ2) is 5.25. The number of hydrogen-bond acceptors (Lipinski definition) is 3. The molecule has 0 saturated carbocycles. The molecule has 0 unspecified atom stereocenters. The van der Waals surface area contributed by atoms with Gasteiger partial charge >= 0.3 is 0 Å². The average Bonchev–Trinajstić information content (AvgIpc) is 2.33. The van der Waals surface area contributed by atoms with Crippen LogP contribution in [0.5, 0.6) is 5.75 Å². The van der Waals surface area contributed by atoms with E-state index in [1.54, 1.807) is 0 Å². The van der Waals surface area contributed by atoms with Crippen LogP contribution < -0.4 is 15.8 Å². The smallest absolute Gasteiger partial charge is 0.121 e. The molecule has 2 aromatic rings. The molecule has 0 heterocycles. The Balaban J connectivity index is 2.12. The number of benzene rings is 2. The van der Waals surface area contributed by atoms with Gasteiger partial charge in [-0.1, -0.05) is 6.07 Å². The van der Waals surface area contributed by atoms with Gasteiger partial charge < -0.3 is 15.8 Å². The molecule has 0 aromatic heterocycles. The summed E-state index contributed by atoms with van der Waals surface area (Å²) in [6, 6.07) is 15.5. The Hall–Kier alpha value is -2.16. The number of nitrogen functional groups attached to an aromatic ring is 1. The Bertz CT molecular complexity index is 480. The van der Waals surface area contributed by atoms with E-state index in [0.717, 1.165) is 22.8 Å². The maximum absolute atomic E-state index is 5.64. The lowest BCUT2D eigenvalue weighted by molar-refractivity contribution is 0.340. The molecule has 0 aliphatic carbocycles. The van der Waals surface area contributed by atoms with E-state index in [2.05, 4.69) is 5.32 Å². The van der Waals surface area contributed by atoms with Crippen LogP contribution in [0.25, 0.3) is 0 Å². The van der Waals surface area contributed by atoms with Gasteiger partial charge in [0.1, 0.15) is 5.75 Å². The van der Waals surface area contributed by atoms with Crippen molar-refractivity contribution in [3.8, 4) is 5.75 Å². The van der Waals surface area contributed by atoms with E-state index in [-0.39, 0.29) is 0 Å². The Morgan fingerprint density at radius 3 is 2.53 bits per heavy atom. The summed E-state index contributed by atoms with van der Waals surface area (Å²) in [6.07, 6.45) is 0. The number of anilines is 3. The van der Waals surface area contributed by atoms with Crippen molar-refractivity contribution in [3.05, 3.63) is 48.5 Å². The zero-order valence-electron chi connectivity index (χ0n) is 9.81. The molecule has 0 atom stereocenters. The predicted molar refractivity (Wildman–Crippen MR) is 71.7 cm³/mol. The Morgan fingerprint density at radius 2 is 1.82 bits per heavy atom. The van der Waals surface area contributed by atoms with Gasteiger partial charge in [-0.15, -0.1) is 0 Å². The normalized spacial score (nSPS) is 9.94. The van der Waals surface area contributed by atoms with Crippen LogP contribution in [0.1, 0.15) is 6.92 Å². The number of hydrogen-bond donors (Lipinski definition) is 2. The third kappa shape index (κ3) is 3.14. The predicted octanol–water partition coefficient (Wildman–Crippen LogP) is 3.41. The molecule has 2 aromatic carbocycles. The van der Waals surface area contributed by atoms with Crippen LogP contribution in [-0.2, 0) is 0 Å². The van der Waals surface area contributed by atoms with Crippen molar-refractivity contribution in [2.24, 2.45) is 0 Å². The highest BCUT2D eigenvalue weighted by atomic mass is 16.5. The summed E-state index contributed by atoms with van der Waals surface area (Å²) in [5.41, 5.74) is 8.41. The van der Waals surface area contributed by atoms with Crippen LogP contribution in [0, 0.1) is 0 Å². The van der Waals surface area contributed by atoms with Crippen molar-refractivity contribution < 1.29 is 4.74 Å². The fourth-order valence-electron chi connectivity index (χ4n) is 1.56. The molecule has 3 heteroatoms. The first-order valence-corrected chi connectivity index (χ1v) is 5.63. The van der Waals surface area contributed by atoms with Gasteiger partial charge in [0.15, 0.2) is 0 Å². The summed E-state index contributed by atoms with van der Waals surface area (Å²) >= 11 is 0. The molecule has 0 bridgehead atoms. The lowest BCUT2D eigenvalue weighted by Gasteiger charge is -2.09. The van der Waals surface area contributed by atoms with E-state index >= 15 is 0 Å². The molecule has 0 amide bonds. The van der Waals surface area contributed by atoms with Gasteiger partial charge in [-0.05, 0) is 43.3 Å². The van der Waals surface area contributed by atoms with Crippen LogP contribution in [0.4, 0.5) is 17.1 Å². The molecule has 0 spiro atoms. The third-order valence-corrected chi connectivity index (χ3v) is 2.34.